The summed E-state index contributed by atoms with van der Waals surface area (Å²) in [6, 6.07) is 23.6. The Balaban J connectivity index is 0.000000143. The predicted molar refractivity (Wildman–Crippen MR) is 393 cm³/mol. The highest BCUT2D eigenvalue weighted by molar-refractivity contribution is 6.39. The summed E-state index contributed by atoms with van der Waals surface area (Å²) in [5.41, 5.74) is 24.4. The van der Waals surface area contributed by atoms with Crippen LogP contribution in [0.25, 0.3) is 0 Å². The van der Waals surface area contributed by atoms with Gasteiger partial charge in [-0.15, -0.1) is 0 Å². The van der Waals surface area contributed by atoms with Crippen molar-refractivity contribution in [2.75, 3.05) is 102 Å². The Morgan fingerprint density at radius 2 is 1.00 bits per heavy atom. The smallest absolute Gasteiger partial charge is 0.394 e. The lowest BCUT2D eigenvalue weighted by molar-refractivity contribution is -0.147. The Labute approximate surface area is 595 Å². The molecule has 1 unspecified atom stereocenters. The number of nitrogens with zero attached hydrogens (tertiary/aromatic N) is 10. The van der Waals surface area contributed by atoms with E-state index in [2.05, 4.69) is 129 Å². The van der Waals surface area contributed by atoms with Gasteiger partial charge in [0, 0.05) is 79.3 Å². The number of aliphatic imine (C=N–C) groups is 1. The van der Waals surface area contributed by atoms with E-state index in [0.717, 1.165) is 174 Å². The van der Waals surface area contributed by atoms with Crippen molar-refractivity contribution in [3.05, 3.63) is 140 Å². The lowest BCUT2D eigenvalue weighted by atomic mass is 9.88. The van der Waals surface area contributed by atoms with Crippen LogP contribution >= 0.6 is 0 Å². The van der Waals surface area contributed by atoms with Crippen LogP contribution in [0.15, 0.2) is 84.1 Å². The fourth-order valence-electron chi connectivity index (χ4n) is 15.7. The number of benzene rings is 3. The molecule has 0 aliphatic carbocycles. The number of piperidine rings is 5. The molecule has 5 aromatic rings. The number of amides is 6. The minimum absolute atomic E-state index is 0.0822. The Bertz CT molecular complexity index is 3880. The number of aryl methyl sites for hydroxylation is 2. The highest BCUT2D eigenvalue weighted by Gasteiger charge is 2.40. The lowest BCUT2D eigenvalue weighted by Gasteiger charge is -2.38. The molecule has 23 nitrogen and oxygen atoms in total. The maximum absolute atomic E-state index is 13.4. The van der Waals surface area contributed by atoms with Gasteiger partial charge in [-0.3, -0.25) is 33.8 Å². The van der Waals surface area contributed by atoms with Gasteiger partial charge in [-0.05, 0) is 249 Å². The van der Waals surface area contributed by atoms with Crippen molar-refractivity contribution in [3.8, 4) is 0 Å². The van der Waals surface area contributed by atoms with E-state index < -0.39 is 23.7 Å². The van der Waals surface area contributed by atoms with Crippen LogP contribution in [0.5, 0.6) is 0 Å². The van der Waals surface area contributed by atoms with Crippen molar-refractivity contribution in [2.45, 2.75) is 174 Å². The molecule has 14 rings (SSSR count). The third kappa shape index (κ3) is 17.6. The fourth-order valence-corrected chi connectivity index (χ4v) is 15.7. The molecule has 0 bridgehead atoms. The first-order valence-electron chi connectivity index (χ1n) is 36.8. The van der Waals surface area contributed by atoms with Gasteiger partial charge in [-0.2, -0.15) is 0 Å². The molecule has 5 saturated heterocycles. The number of pyridine rings is 2. The highest BCUT2D eigenvalue weighted by atomic mass is 16.4. The first kappa shape index (κ1) is 73.6. The SMILES string of the molecule is CCc1cc(NC(=O)C(=O)N2CC(C)CC[C@@H]2c2ccc3c(c2)C(=O)N(C2CCN(C)CC2)C3)cnc1N.CCc1cc(NC(=O)C(=O)O)cnc1N.C[C@H]1CCC(c2ccc3c(c2)C(=O)N(C2CCN(C)CC2)C3)=NC1.C[C@H]1CC[C@H](c2ccc3c(c2)C(=O)N(C2CCN(C)CC2)C3)NC1. The normalized spacial score (nSPS) is 22.9. The van der Waals surface area contributed by atoms with Gasteiger partial charge >= 0.3 is 23.7 Å². The third-order valence-corrected chi connectivity index (χ3v) is 22.3. The molecular formula is C78H105N15O8. The quantitative estimate of drug-likeness (QED) is 0.0710. The molecule has 9 aliphatic heterocycles. The number of hydrogen-bond donors (Lipinski definition) is 6. The molecule has 6 amide bonds. The number of aliphatic carboxylic acids is 1. The number of nitrogens with two attached hydrogens (primary N) is 2. The number of carboxylic acids is 1. The molecule has 101 heavy (non-hydrogen) atoms. The summed E-state index contributed by atoms with van der Waals surface area (Å²) in [6.45, 7) is 21.6. The summed E-state index contributed by atoms with van der Waals surface area (Å²) < 4.78 is 0. The number of nitrogen functional groups attached to an aromatic ring is 2. The highest BCUT2D eigenvalue weighted by Crippen LogP contribution is 2.39. The number of carbonyl (C=O) groups excluding carboxylic acids is 6. The van der Waals surface area contributed by atoms with Crippen molar-refractivity contribution in [3.63, 3.8) is 0 Å². The number of carboxylic acid groups (broad SMARTS) is 1. The Morgan fingerprint density at radius 3 is 1.46 bits per heavy atom. The molecule has 540 valence electrons. The number of likely N-dealkylation sites (tertiary alicyclic amines) is 4. The zero-order chi connectivity index (χ0) is 71.8. The largest absolute Gasteiger partial charge is 0.474 e. The van der Waals surface area contributed by atoms with Crippen LogP contribution in [0, 0.1) is 17.8 Å². The standard InChI is InChI=1S/C29H38N6O3.C20H29N3O.C20H27N3O.C9H11N3O3/c1-4-19-13-22(15-31-26(19)30)32-27(36)29(38)35-16-18(2)5-8-25(35)20-6-7-21-17-34(28(37)24(21)14-20)23-9-11-33(3)12-10-23;2*1-14-3-6-19(21-12-14)15-4-5-16-13-23(20(24)18(16)11-15)17-7-9-22(2)10-8-17;1-2-5-3-6(4-11-7(5)10)12-8(13)9(14)15/h6-7,13-15,18,23,25H,4-5,8-12,16-17H2,1-3H3,(H2,30,31)(H,32,36);4-5,11,14,17,19,21H,3,6-10,12-13H2,1-2H3;4-5,11,14,17H,3,6-10,12-13H2,1-2H3;3-4H,2H2,1H3,(H2,10,11)(H,12,13)(H,14,15)/t18?,25-;14-,19+;14-;/m100./s1. The first-order valence-corrected chi connectivity index (χ1v) is 36.8. The molecule has 2 aromatic heterocycles. The van der Waals surface area contributed by atoms with Crippen molar-refractivity contribution < 1.29 is 38.7 Å². The molecule has 0 saturated carbocycles. The Hall–Kier alpha value is -8.64. The van der Waals surface area contributed by atoms with Crippen LogP contribution in [0.4, 0.5) is 23.0 Å². The number of aromatic nitrogens is 2. The topological polar surface area (TPSA) is 289 Å². The van der Waals surface area contributed by atoms with Gasteiger partial charge in [0.05, 0.1) is 29.8 Å². The van der Waals surface area contributed by atoms with E-state index in [1.807, 2.05) is 36.9 Å². The minimum Gasteiger partial charge on any atom is -0.474 e. The second-order valence-electron chi connectivity index (χ2n) is 29.8. The van der Waals surface area contributed by atoms with E-state index in [-0.39, 0.29) is 35.7 Å². The number of carbonyl (C=O) groups is 7. The van der Waals surface area contributed by atoms with Crippen LogP contribution in [-0.2, 0) is 51.7 Å². The number of fused-ring (bicyclic) bond motifs is 3. The van der Waals surface area contributed by atoms with E-state index in [9.17, 15) is 33.6 Å². The van der Waals surface area contributed by atoms with E-state index >= 15 is 0 Å². The first-order chi connectivity index (χ1) is 48.5. The fraction of sp³-hybridized carbons (Fsp3) is 0.538. The van der Waals surface area contributed by atoms with E-state index in [1.165, 1.54) is 54.1 Å². The third-order valence-electron chi connectivity index (χ3n) is 22.3. The monoisotopic (exact) mass is 1380 g/mol. The zero-order valence-electron chi connectivity index (χ0n) is 60.4. The van der Waals surface area contributed by atoms with Crippen molar-refractivity contribution in [1.29, 1.82) is 0 Å². The summed E-state index contributed by atoms with van der Waals surface area (Å²) in [5.74, 6) is -0.803. The van der Waals surface area contributed by atoms with Crippen LogP contribution in [0.1, 0.15) is 199 Å². The Morgan fingerprint density at radius 1 is 0.545 bits per heavy atom. The van der Waals surface area contributed by atoms with Gasteiger partial charge < -0.3 is 66.8 Å². The summed E-state index contributed by atoms with van der Waals surface area (Å²) in [5, 5.41) is 16.9. The number of nitrogens with one attached hydrogen (secondary N) is 3. The summed E-state index contributed by atoms with van der Waals surface area (Å²) in [4.78, 5) is 115. The predicted octanol–water partition coefficient (Wildman–Crippen LogP) is 9.22. The van der Waals surface area contributed by atoms with Crippen molar-refractivity contribution in [2.24, 2.45) is 22.7 Å². The number of rotatable bonds is 10. The molecule has 8 N–H and O–H groups in total. The lowest BCUT2D eigenvalue weighted by Crippen LogP contribution is -2.46. The second kappa shape index (κ2) is 33.0. The molecular weight excluding hydrogens is 1270 g/mol. The molecule has 5 atom stereocenters. The molecule has 9 aliphatic rings. The molecule has 0 spiro atoms. The summed E-state index contributed by atoms with van der Waals surface area (Å²) >= 11 is 0. The second-order valence-corrected chi connectivity index (χ2v) is 29.8. The van der Waals surface area contributed by atoms with Gasteiger partial charge in [0.15, 0.2) is 0 Å². The van der Waals surface area contributed by atoms with Gasteiger partial charge in [0.2, 0.25) is 0 Å². The van der Waals surface area contributed by atoms with E-state index in [1.54, 1.807) is 17.0 Å². The summed E-state index contributed by atoms with van der Waals surface area (Å²) in [7, 11) is 6.45. The average molecular weight is 1380 g/mol. The number of hydrogen-bond acceptors (Lipinski definition) is 16. The average Bonchev–Trinajstić information content (AvgIpc) is 1.66. The number of anilines is 4. The van der Waals surface area contributed by atoms with Gasteiger partial charge in [0.1, 0.15) is 11.6 Å². The van der Waals surface area contributed by atoms with Crippen LogP contribution in [-0.4, -0.2) is 195 Å². The van der Waals surface area contributed by atoms with Crippen molar-refractivity contribution in [1.82, 2.24) is 49.6 Å². The molecule has 3 aromatic carbocycles. The van der Waals surface area contributed by atoms with Crippen LogP contribution in [0.2, 0.25) is 0 Å². The maximum Gasteiger partial charge on any atom is 0.394 e. The van der Waals surface area contributed by atoms with Gasteiger partial charge in [0.25, 0.3) is 17.7 Å². The zero-order valence-corrected chi connectivity index (χ0v) is 60.4. The van der Waals surface area contributed by atoms with E-state index in [0.29, 0.717) is 73.0 Å². The Kier molecular flexibility index (Phi) is 24.0. The van der Waals surface area contributed by atoms with Gasteiger partial charge in [-0.1, -0.05) is 71.0 Å². The van der Waals surface area contributed by atoms with Crippen molar-refractivity contribution >= 4 is 70.1 Å². The maximum atomic E-state index is 13.4. The minimum atomic E-state index is -1.54. The van der Waals surface area contributed by atoms with E-state index in [4.69, 9.17) is 21.6 Å². The van der Waals surface area contributed by atoms with Crippen LogP contribution < -0.4 is 27.4 Å². The molecule has 5 fully saturated rings. The van der Waals surface area contributed by atoms with Crippen LogP contribution in [0.3, 0.4) is 0 Å². The van der Waals surface area contributed by atoms with Gasteiger partial charge in [-0.25, -0.2) is 14.8 Å². The summed E-state index contributed by atoms with van der Waals surface area (Å²) in [6.07, 6.45) is 16.9. The molecule has 11 heterocycles. The molecule has 23 heteroatoms. The molecule has 0 radical (unpaired) electrons.